The van der Waals surface area contributed by atoms with Gasteiger partial charge in [-0.05, 0) is 31.2 Å². The average molecular weight is 349 g/mol. The highest BCUT2D eigenvalue weighted by Crippen LogP contribution is 2.23. The number of aryl methyl sites for hydroxylation is 1. The van der Waals surface area contributed by atoms with Gasteiger partial charge in [0.2, 0.25) is 5.13 Å². The zero-order valence-corrected chi connectivity index (χ0v) is 14.3. The second kappa shape index (κ2) is 6.45. The average Bonchev–Trinajstić information content (AvgIpc) is 3.19. The first-order chi connectivity index (χ1) is 12.2. The van der Waals surface area contributed by atoms with Gasteiger partial charge < -0.3 is 9.67 Å². The second-order valence-electron chi connectivity index (χ2n) is 5.53. The molecule has 2 aromatic carbocycles. The maximum absolute atomic E-state index is 9.76. The highest BCUT2D eigenvalue weighted by molar-refractivity contribution is 7.14. The topological polar surface area (TPSA) is 76.2 Å². The molecule has 0 aliphatic heterocycles. The molecule has 0 fully saturated rings. The first kappa shape index (κ1) is 15.5. The quantitative estimate of drug-likeness (QED) is 0.570. The van der Waals surface area contributed by atoms with Crippen molar-refractivity contribution in [2.24, 2.45) is 4.99 Å². The van der Waals surface area contributed by atoms with Gasteiger partial charge in [0.05, 0.1) is 17.6 Å². The molecule has 0 atom stereocenters. The lowest BCUT2D eigenvalue weighted by Crippen LogP contribution is -2.01. The molecule has 0 amide bonds. The van der Waals surface area contributed by atoms with Gasteiger partial charge in [-0.15, -0.1) is 10.2 Å². The Morgan fingerprint density at radius 3 is 2.80 bits per heavy atom. The maximum Gasteiger partial charge on any atom is 0.231 e. The van der Waals surface area contributed by atoms with Crippen molar-refractivity contribution in [3.8, 4) is 5.75 Å². The number of imidazole rings is 1. The van der Waals surface area contributed by atoms with Crippen LogP contribution in [0.1, 0.15) is 16.4 Å². The minimum Gasteiger partial charge on any atom is -0.507 e. The largest absolute Gasteiger partial charge is 0.507 e. The highest BCUT2D eigenvalue weighted by atomic mass is 32.1. The molecule has 0 saturated carbocycles. The molecule has 0 radical (unpaired) electrons. The van der Waals surface area contributed by atoms with E-state index in [0.717, 1.165) is 21.9 Å². The lowest BCUT2D eigenvalue weighted by Gasteiger charge is -2.02. The monoisotopic (exact) mass is 349 g/mol. The van der Waals surface area contributed by atoms with E-state index in [-0.39, 0.29) is 5.75 Å². The number of fused-ring (bicyclic) bond motifs is 1. The molecular weight excluding hydrogens is 334 g/mol. The number of aromatic nitrogens is 4. The lowest BCUT2D eigenvalue weighted by molar-refractivity contribution is 0.474. The Morgan fingerprint density at radius 2 is 1.92 bits per heavy atom. The minimum atomic E-state index is 0.191. The molecule has 1 N–H and O–H groups in total. The number of hydrogen-bond acceptors (Lipinski definition) is 6. The summed E-state index contributed by atoms with van der Waals surface area (Å²) in [5.41, 5.74) is 2.70. The number of aromatic hydroxyl groups is 1. The second-order valence-corrected chi connectivity index (χ2v) is 6.57. The summed E-state index contributed by atoms with van der Waals surface area (Å²) in [5, 5.41) is 19.5. The summed E-state index contributed by atoms with van der Waals surface area (Å²) in [6.45, 7) is 2.59. The molecule has 2 heterocycles. The standard InChI is InChI=1S/C18H15N5OS/c1-12-20-14-7-3-4-8-15(14)23(12)11-17-21-22-18(25-17)19-10-13-6-2-5-9-16(13)24/h2-10,24H,11H2,1H3/b19-10+. The summed E-state index contributed by atoms with van der Waals surface area (Å²) in [6.07, 6.45) is 1.59. The summed E-state index contributed by atoms with van der Waals surface area (Å²) in [7, 11) is 0. The summed E-state index contributed by atoms with van der Waals surface area (Å²) >= 11 is 1.42. The van der Waals surface area contributed by atoms with Gasteiger partial charge in [0.25, 0.3) is 0 Å². The summed E-state index contributed by atoms with van der Waals surface area (Å²) in [5.74, 6) is 1.13. The van der Waals surface area contributed by atoms with Crippen molar-refractivity contribution < 1.29 is 5.11 Å². The molecule has 6 nitrogen and oxygen atoms in total. The van der Waals surface area contributed by atoms with Crippen LogP contribution in [-0.2, 0) is 6.54 Å². The molecule has 2 aromatic heterocycles. The number of aliphatic imine (C=N–C) groups is 1. The predicted molar refractivity (Wildman–Crippen MR) is 98.8 cm³/mol. The summed E-state index contributed by atoms with van der Waals surface area (Å²) in [6, 6.07) is 15.1. The van der Waals surface area contributed by atoms with Crippen LogP contribution in [0.2, 0.25) is 0 Å². The first-order valence-corrected chi connectivity index (χ1v) is 8.58. The van der Waals surface area contributed by atoms with Gasteiger partial charge in [0, 0.05) is 11.8 Å². The molecule has 0 spiro atoms. The molecule has 4 rings (SSSR count). The van der Waals surface area contributed by atoms with E-state index in [2.05, 4.69) is 24.7 Å². The van der Waals surface area contributed by atoms with Gasteiger partial charge in [-0.25, -0.2) is 9.98 Å². The fraction of sp³-hybridized carbons (Fsp3) is 0.111. The molecule has 7 heteroatoms. The van der Waals surface area contributed by atoms with Crippen molar-refractivity contribution in [1.82, 2.24) is 19.7 Å². The van der Waals surface area contributed by atoms with E-state index in [1.165, 1.54) is 11.3 Å². The third-order valence-corrected chi connectivity index (χ3v) is 4.66. The van der Waals surface area contributed by atoms with E-state index >= 15 is 0 Å². The van der Waals surface area contributed by atoms with Crippen LogP contribution in [0.15, 0.2) is 53.5 Å². The van der Waals surface area contributed by atoms with Crippen molar-refractivity contribution in [2.75, 3.05) is 0 Å². The molecule has 0 unspecified atom stereocenters. The van der Waals surface area contributed by atoms with Gasteiger partial charge in [-0.3, -0.25) is 0 Å². The molecule has 25 heavy (non-hydrogen) atoms. The normalized spacial score (nSPS) is 11.6. The zero-order chi connectivity index (χ0) is 17.2. The van der Waals surface area contributed by atoms with Gasteiger partial charge in [-0.2, -0.15) is 0 Å². The van der Waals surface area contributed by atoms with E-state index in [9.17, 15) is 5.11 Å². The van der Waals surface area contributed by atoms with E-state index in [1.54, 1.807) is 24.4 Å². The maximum atomic E-state index is 9.76. The fourth-order valence-corrected chi connectivity index (χ4v) is 3.29. The number of rotatable bonds is 4. The lowest BCUT2D eigenvalue weighted by atomic mass is 10.2. The highest BCUT2D eigenvalue weighted by Gasteiger charge is 2.10. The number of phenols is 1. The third kappa shape index (κ3) is 3.14. The Kier molecular flexibility index (Phi) is 3.99. The molecular formula is C18H15N5OS. The van der Waals surface area contributed by atoms with Crippen LogP contribution in [0, 0.1) is 6.92 Å². The van der Waals surface area contributed by atoms with Crippen molar-refractivity contribution in [2.45, 2.75) is 13.5 Å². The van der Waals surface area contributed by atoms with Crippen molar-refractivity contribution in [1.29, 1.82) is 0 Å². The smallest absolute Gasteiger partial charge is 0.231 e. The van der Waals surface area contributed by atoms with Crippen LogP contribution >= 0.6 is 11.3 Å². The van der Waals surface area contributed by atoms with Crippen LogP contribution in [0.25, 0.3) is 11.0 Å². The van der Waals surface area contributed by atoms with E-state index in [0.29, 0.717) is 17.2 Å². The minimum absolute atomic E-state index is 0.191. The molecule has 124 valence electrons. The predicted octanol–water partition coefficient (Wildman–Crippen LogP) is 3.70. The summed E-state index contributed by atoms with van der Waals surface area (Å²) in [4.78, 5) is 8.87. The fourth-order valence-electron chi connectivity index (χ4n) is 2.61. The third-order valence-electron chi connectivity index (χ3n) is 3.85. The van der Waals surface area contributed by atoms with Crippen molar-refractivity contribution >= 4 is 33.7 Å². The zero-order valence-electron chi connectivity index (χ0n) is 13.5. The number of phenolic OH excluding ortho intramolecular Hbond substituents is 1. The van der Waals surface area contributed by atoms with Gasteiger partial charge in [0.1, 0.15) is 16.6 Å². The Hall–Kier alpha value is -3.06. The SMILES string of the molecule is Cc1nc2ccccc2n1Cc1nnc(/N=C/c2ccccc2O)s1. The Balaban J connectivity index is 1.57. The van der Waals surface area contributed by atoms with Gasteiger partial charge in [-0.1, -0.05) is 35.6 Å². The van der Waals surface area contributed by atoms with Crippen LogP contribution in [-0.4, -0.2) is 31.1 Å². The van der Waals surface area contributed by atoms with Crippen LogP contribution in [0.3, 0.4) is 0 Å². The number of hydrogen-bond donors (Lipinski definition) is 1. The molecule has 0 aliphatic carbocycles. The molecule has 0 aliphatic rings. The van der Waals surface area contributed by atoms with Gasteiger partial charge in [0.15, 0.2) is 0 Å². The summed E-state index contributed by atoms with van der Waals surface area (Å²) < 4.78 is 2.12. The van der Waals surface area contributed by atoms with Crippen LogP contribution in [0.4, 0.5) is 5.13 Å². The van der Waals surface area contributed by atoms with E-state index in [1.807, 2.05) is 37.3 Å². The molecule has 0 saturated heterocycles. The number of para-hydroxylation sites is 3. The number of benzene rings is 2. The molecule has 4 aromatic rings. The van der Waals surface area contributed by atoms with Crippen molar-refractivity contribution in [3.05, 3.63) is 64.9 Å². The van der Waals surface area contributed by atoms with Crippen LogP contribution < -0.4 is 0 Å². The van der Waals surface area contributed by atoms with E-state index in [4.69, 9.17) is 0 Å². The van der Waals surface area contributed by atoms with E-state index < -0.39 is 0 Å². The van der Waals surface area contributed by atoms with Crippen molar-refractivity contribution in [3.63, 3.8) is 0 Å². The Labute approximate surface area is 148 Å². The van der Waals surface area contributed by atoms with Gasteiger partial charge >= 0.3 is 0 Å². The number of nitrogens with zero attached hydrogens (tertiary/aromatic N) is 5. The Morgan fingerprint density at radius 1 is 1.12 bits per heavy atom. The molecule has 0 bridgehead atoms. The Bertz CT molecular complexity index is 1070. The first-order valence-electron chi connectivity index (χ1n) is 7.77. The van der Waals surface area contributed by atoms with Crippen LogP contribution in [0.5, 0.6) is 5.75 Å².